The number of phenolic OH excluding ortho intramolecular Hbond substituents is 1. The summed E-state index contributed by atoms with van der Waals surface area (Å²) in [6.45, 7) is 2.59. The maximum atomic E-state index is 11.6. The molecule has 1 unspecified atom stereocenters. The van der Waals surface area contributed by atoms with Crippen LogP contribution >= 0.6 is 0 Å². The number of aromatic hydroxyl groups is 1. The molecule has 4 N–H and O–H groups in total. The normalized spacial score (nSPS) is 18.6. The number of carbonyl (C=O) groups is 1. The summed E-state index contributed by atoms with van der Waals surface area (Å²) in [6.07, 6.45) is 2.44. The minimum Gasteiger partial charge on any atom is -0.508 e. The number of benzene rings is 1. The lowest BCUT2D eigenvalue weighted by atomic mass is 9.91. The number of nitrogens with one attached hydrogen (secondary N) is 1. The van der Waals surface area contributed by atoms with Gasteiger partial charge in [-0.25, -0.2) is 0 Å². The van der Waals surface area contributed by atoms with Gasteiger partial charge in [0.05, 0.1) is 0 Å². The van der Waals surface area contributed by atoms with Gasteiger partial charge >= 0.3 is 0 Å². The topological polar surface area (TPSA) is 75.3 Å². The van der Waals surface area contributed by atoms with E-state index in [1.807, 2.05) is 0 Å². The lowest BCUT2D eigenvalue weighted by Gasteiger charge is -2.28. The lowest BCUT2D eigenvalue weighted by Crippen LogP contribution is -2.51. The molecule has 1 aromatic rings. The highest BCUT2D eigenvalue weighted by Gasteiger charge is 2.34. The Labute approximate surface area is 101 Å². The Bertz CT molecular complexity index is 412. The first kappa shape index (κ1) is 11.9. The van der Waals surface area contributed by atoms with Gasteiger partial charge in [0.25, 0.3) is 0 Å². The zero-order valence-corrected chi connectivity index (χ0v) is 9.94. The molecular weight excluding hydrogens is 216 g/mol. The van der Waals surface area contributed by atoms with Crippen molar-refractivity contribution in [1.29, 1.82) is 0 Å². The molecule has 2 rings (SSSR count). The SMILES string of the molecule is CC(NCC1CC1)(C(N)=O)c1ccc(O)cc1. The van der Waals surface area contributed by atoms with Crippen molar-refractivity contribution in [3.8, 4) is 5.75 Å². The van der Waals surface area contributed by atoms with E-state index in [9.17, 15) is 9.90 Å². The van der Waals surface area contributed by atoms with E-state index in [1.165, 1.54) is 12.8 Å². The molecule has 0 aromatic heterocycles. The van der Waals surface area contributed by atoms with Crippen LogP contribution in [-0.4, -0.2) is 17.6 Å². The maximum Gasteiger partial charge on any atom is 0.242 e. The molecule has 0 aliphatic heterocycles. The van der Waals surface area contributed by atoms with Crippen LogP contribution in [0, 0.1) is 5.92 Å². The average Bonchev–Trinajstić information content (AvgIpc) is 3.10. The average molecular weight is 234 g/mol. The number of rotatable bonds is 5. The van der Waals surface area contributed by atoms with E-state index in [1.54, 1.807) is 31.2 Å². The Morgan fingerprint density at radius 3 is 2.53 bits per heavy atom. The molecule has 1 aromatic carbocycles. The quantitative estimate of drug-likeness (QED) is 0.714. The van der Waals surface area contributed by atoms with Crippen molar-refractivity contribution in [2.45, 2.75) is 25.3 Å². The van der Waals surface area contributed by atoms with Gasteiger partial charge in [-0.05, 0) is 49.9 Å². The number of carbonyl (C=O) groups excluding carboxylic acids is 1. The summed E-state index contributed by atoms with van der Waals surface area (Å²) in [5.74, 6) is 0.456. The summed E-state index contributed by atoms with van der Waals surface area (Å²) in [5, 5.41) is 12.5. The van der Waals surface area contributed by atoms with Crippen LogP contribution in [0.4, 0.5) is 0 Å². The second kappa shape index (κ2) is 4.37. The van der Waals surface area contributed by atoms with Crippen molar-refractivity contribution in [3.63, 3.8) is 0 Å². The number of primary amides is 1. The first-order valence-corrected chi connectivity index (χ1v) is 5.87. The molecule has 1 aliphatic rings. The number of amides is 1. The summed E-state index contributed by atoms with van der Waals surface area (Å²) in [6, 6.07) is 6.57. The van der Waals surface area contributed by atoms with E-state index >= 15 is 0 Å². The lowest BCUT2D eigenvalue weighted by molar-refractivity contribution is -0.124. The van der Waals surface area contributed by atoms with Crippen LogP contribution in [0.25, 0.3) is 0 Å². The third-order valence-corrected chi connectivity index (χ3v) is 3.38. The molecule has 0 saturated heterocycles. The molecule has 0 spiro atoms. The Morgan fingerprint density at radius 2 is 2.06 bits per heavy atom. The number of hydrogen-bond acceptors (Lipinski definition) is 3. The van der Waals surface area contributed by atoms with Gasteiger partial charge in [0.2, 0.25) is 5.91 Å². The summed E-state index contributed by atoms with van der Waals surface area (Å²) < 4.78 is 0. The molecule has 0 heterocycles. The summed E-state index contributed by atoms with van der Waals surface area (Å²) in [7, 11) is 0. The minimum atomic E-state index is -0.865. The smallest absolute Gasteiger partial charge is 0.242 e. The van der Waals surface area contributed by atoms with Crippen LogP contribution in [0.1, 0.15) is 25.3 Å². The van der Waals surface area contributed by atoms with Crippen LogP contribution in [0.2, 0.25) is 0 Å². The third kappa shape index (κ3) is 2.58. The first-order valence-electron chi connectivity index (χ1n) is 5.87. The first-order chi connectivity index (χ1) is 8.02. The molecule has 4 heteroatoms. The van der Waals surface area contributed by atoms with Crippen molar-refractivity contribution in [1.82, 2.24) is 5.32 Å². The molecule has 1 atom stereocenters. The zero-order chi connectivity index (χ0) is 12.5. The van der Waals surface area contributed by atoms with E-state index in [-0.39, 0.29) is 5.75 Å². The Hall–Kier alpha value is -1.55. The number of phenols is 1. The van der Waals surface area contributed by atoms with Crippen molar-refractivity contribution >= 4 is 5.91 Å². The van der Waals surface area contributed by atoms with Crippen molar-refractivity contribution in [2.75, 3.05) is 6.54 Å². The Kier molecular flexibility index (Phi) is 3.07. The Morgan fingerprint density at radius 1 is 1.47 bits per heavy atom. The molecule has 92 valence electrons. The van der Waals surface area contributed by atoms with Crippen LogP contribution in [0.5, 0.6) is 5.75 Å². The van der Waals surface area contributed by atoms with Crippen LogP contribution in [0.15, 0.2) is 24.3 Å². The molecule has 0 radical (unpaired) electrons. The highest BCUT2D eigenvalue weighted by Crippen LogP contribution is 2.30. The molecule has 1 saturated carbocycles. The van der Waals surface area contributed by atoms with E-state index in [0.29, 0.717) is 5.92 Å². The molecule has 1 aliphatic carbocycles. The maximum absolute atomic E-state index is 11.6. The summed E-state index contributed by atoms with van der Waals surface area (Å²) in [5.41, 5.74) is 5.40. The second-order valence-electron chi connectivity index (χ2n) is 4.86. The monoisotopic (exact) mass is 234 g/mol. The van der Waals surface area contributed by atoms with Gasteiger partial charge in [-0.15, -0.1) is 0 Å². The molecular formula is C13H18N2O2. The Balaban J connectivity index is 2.19. The van der Waals surface area contributed by atoms with Gasteiger partial charge in [0, 0.05) is 0 Å². The summed E-state index contributed by atoms with van der Waals surface area (Å²) in [4.78, 5) is 11.6. The van der Waals surface area contributed by atoms with Gasteiger partial charge in [0.1, 0.15) is 11.3 Å². The van der Waals surface area contributed by atoms with Crippen molar-refractivity contribution in [3.05, 3.63) is 29.8 Å². The fraction of sp³-hybridized carbons (Fsp3) is 0.462. The fourth-order valence-corrected chi connectivity index (χ4v) is 1.80. The van der Waals surface area contributed by atoms with Gasteiger partial charge in [0.15, 0.2) is 0 Å². The van der Waals surface area contributed by atoms with Gasteiger partial charge in [-0.1, -0.05) is 12.1 Å². The summed E-state index contributed by atoms with van der Waals surface area (Å²) >= 11 is 0. The second-order valence-corrected chi connectivity index (χ2v) is 4.86. The fourth-order valence-electron chi connectivity index (χ4n) is 1.80. The predicted molar refractivity (Wildman–Crippen MR) is 65.4 cm³/mol. The highest BCUT2D eigenvalue weighted by atomic mass is 16.3. The molecule has 0 bridgehead atoms. The molecule has 1 fully saturated rings. The van der Waals surface area contributed by atoms with E-state index in [2.05, 4.69) is 5.32 Å². The third-order valence-electron chi connectivity index (χ3n) is 3.38. The molecule has 1 amide bonds. The van der Waals surface area contributed by atoms with Crippen LogP contribution in [-0.2, 0) is 10.3 Å². The van der Waals surface area contributed by atoms with Gasteiger partial charge < -0.3 is 10.8 Å². The number of nitrogens with two attached hydrogens (primary N) is 1. The van der Waals surface area contributed by atoms with Gasteiger partial charge in [-0.2, -0.15) is 0 Å². The van der Waals surface area contributed by atoms with E-state index < -0.39 is 11.4 Å². The zero-order valence-electron chi connectivity index (χ0n) is 9.94. The van der Waals surface area contributed by atoms with Crippen LogP contribution in [0.3, 0.4) is 0 Å². The van der Waals surface area contributed by atoms with Gasteiger partial charge in [-0.3, -0.25) is 10.1 Å². The molecule has 4 nitrogen and oxygen atoms in total. The largest absolute Gasteiger partial charge is 0.508 e. The van der Waals surface area contributed by atoms with Crippen molar-refractivity contribution < 1.29 is 9.90 Å². The van der Waals surface area contributed by atoms with E-state index in [0.717, 1.165) is 12.1 Å². The number of hydrogen-bond donors (Lipinski definition) is 3. The van der Waals surface area contributed by atoms with Crippen molar-refractivity contribution in [2.24, 2.45) is 11.7 Å². The molecule has 17 heavy (non-hydrogen) atoms. The highest BCUT2D eigenvalue weighted by molar-refractivity contribution is 5.85. The van der Waals surface area contributed by atoms with E-state index in [4.69, 9.17) is 5.73 Å². The minimum absolute atomic E-state index is 0.183. The van der Waals surface area contributed by atoms with Crippen LogP contribution < -0.4 is 11.1 Å². The predicted octanol–water partition coefficient (Wildman–Crippen LogP) is 1.09. The standard InChI is InChI=1S/C13H18N2O2/c1-13(12(14)17,15-8-9-2-3-9)10-4-6-11(16)7-5-10/h4-7,9,15-16H,2-3,8H2,1H3,(H2,14,17).